The summed E-state index contributed by atoms with van der Waals surface area (Å²) in [5.41, 5.74) is 2.30. The highest BCUT2D eigenvalue weighted by molar-refractivity contribution is 14.0. The third-order valence-electron chi connectivity index (χ3n) is 4.34. The van der Waals surface area contributed by atoms with Crippen molar-refractivity contribution < 1.29 is 14.2 Å². The molecule has 2 aromatic rings. The number of rotatable bonds is 7. The molecule has 0 amide bonds. The lowest BCUT2D eigenvalue weighted by atomic mass is 10.1. The molecule has 0 spiro atoms. The summed E-state index contributed by atoms with van der Waals surface area (Å²) in [5, 5.41) is 16.5. The first-order valence-electron chi connectivity index (χ1n) is 9.11. The van der Waals surface area contributed by atoms with E-state index in [2.05, 4.69) is 15.6 Å². The molecule has 0 radical (unpaired) electrons. The number of phenols is 1. The van der Waals surface area contributed by atoms with Gasteiger partial charge in [-0.2, -0.15) is 0 Å². The van der Waals surface area contributed by atoms with Crippen LogP contribution >= 0.6 is 24.0 Å². The van der Waals surface area contributed by atoms with E-state index in [1.165, 1.54) is 0 Å². The molecule has 0 fully saturated rings. The maximum Gasteiger partial charge on any atom is 0.191 e. The van der Waals surface area contributed by atoms with Crippen LogP contribution in [0, 0.1) is 12.7 Å². The Labute approximate surface area is 183 Å². The monoisotopic (exact) mass is 501 g/mol. The van der Waals surface area contributed by atoms with Crippen LogP contribution in [0.2, 0.25) is 0 Å². The summed E-state index contributed by atoms with van der Waals surface area (Å²) >= 11 is 0. The van der Waals surface area contributed by atoms with Gasteiger partial charge in [0, 0.05) is 19.2 Å². The SMILES string of the molecule is CCNC(=NCCc1ccc(OC)cc1O)NC(C)c1ccc(C)c(F)c1.I. The normalized spacial score (nSPS) is 12.1. The first-order chi connectivity index (χ1) is 12.9. The number of aryl methyl sites for hydroxylation is 1. The Morgan fingerprint density at radius 2 is 2.00 bits per heavy atom. The van der Waals surface area contributed by atoms with Gasteiger partial charge in [0.05, 0.1) is 13.2 Å². The quantitative estimate of drug-likeness (QED) is 0.301. The van der Waals surface area contributed by atoms with Gasteiger partial charge in [0.15, 0.2) is 5.96 Å². The molecule has 2 aromatic carbocycles. The zero-order chi connectivity index (χ0) is 19.8. The van der Waals surface area contributed by atoms with E-state index in [9.17, 15) is 9.50 Å². The fourth-order valence-electron chi connectivity index (χ4n) is 2.66. The van der Waals surface area contributed by atoms with Crippen molar-refractivity contribution in [1.29, 1.82) is 0 Å². The fraction of sp³-hybridized carbons (Fsp3) is 0.381. The Balaban J connectivity index is 0.00000392. The average Bonchev–Trinajstić information content (AvgIpc) is 2.65. The van der Waals surface area contributed by atoms with Gasteiger partial charge < -0.3 is 20.5 Å². The van der Waals surface area contributed by atoms with Gasteiger partial charge in [0.1, 0.15) is 17.3 Å². The molecule has 0 saturated carbocycles. The Kier molecular flexibility index (Phi) is 10.1. The van der Waals surface area contributed by atoms with Gasteiger partial charge in [0.25, 0.3) is 0 Å². The highest BCUT2D eigenvalue weighted by atomic mass is 127. The number of nitrogens with zero attached hydrogens (tertiary/aromatic N) is 1. The maximum atomic E-state index is 13.8. The molecule has 28 heavy (non-hydrogen) atoms. The van der Waals surface area contributed by atoms with E-state index < -0.39 is 0 Å². The summed E-state index contributed by atoms with van der Waals surface area (Å²) in [6.07, 6.45) is 0.597. The number of aliphatic imine (C=N–C) groups is 1. The first kappa shape index (κ1) is 24.0. The Hall–Kier alpha value is -2.03. The lowest BCUT2D eigenvalue weighted by Gasteiger charge is -2.18. The Bertz CT molecular complexity index is 799. The predicted molar refractivity (Wildman–Crippen MR) is 122 cm³/mol. The molecular formula is C21H29FIN3O2. The van der Waals surface area contributed by atoms with Crippen LogP contribution in [-0.2, 0) is 6.42 Å². The van der Waals surface area contributed by atoms with Crippen LogP contribution < -0.4 is 15.4 Å². The van der Waals surface area contributed by atoms with E-state index in [0.29, 0.717) is 36.8 Å². The highest BCUT2D eigenvalue weighted by Crippen LogP contribution is 2.23. The second kappa shape index (κ2) is 11.7. The third-order valence-corrected chi connectivity index (χ3v) is 4.34. The summed E-state index contributed by atoms with van der Waals surface area (Å²) in [7, 11) is 1.56. The van der Waals surface area contributed by atoms with Crippen LogP contribution in [0.5, 0.6) is 11.5 Å². The molecule has 1 unspecified atom stereocenters. The lowest BCUT2D eigenvalue weighted by molar-refractivity contribution is 0.406. The minimum Gasteiger partial charge on any atom is -0.508 e. The zero-order valence-corrected chi connectivity index (χ0v) is 19.1. The van der Waals surface area contributed by atoms with Crippen LogP contribution in [0.3, 0.4) is 0 Å². The summed E-state index contributed by atoms with van der Waals surface area (Å²) in [4.78, 5) is 4.56. The van der Waals surface area contributed by atoms with Crippen LogP contribution in [0.15, 0.2) is 41.4 Å². The van der Waals surface area contributed by atoms with Crippen molar-refractivity contribution in [3.63, 3.8) is 0 Å². The molecule has 0 aliphatic carbocycles. The molecule has 1 atom stereocenters. The molecule has 0 aliphatic heterocycles. The van der Waals surface area contributed by atoms with Crippen molar-refractivity contribution in [3.8, 4) is 11.5 Å². The molecular weight excluding hydrogens is 472 g/mol. The van der Waals surface area contributed by atoms with E-state index in [0.717, 1.165) is 11.1 Å². The second-order valence-corrected chi connectivity index (χ2v) is 6.38. The second-order valence-electron chi connectivity index (χ2n) is 6.38. The van der Waals surface area contributed by atoms with Gasteiger partial charge in [-0.25, -0.2) is 4.39 Å². The Morgan fingerprint density at radius 1 is 1.25 bits per heavy atom. The molecule has 0 saturated heterocycles. The summed E-state index contributed by atoms with van der Waals surface area (Å²) in [6, 6.07) is 10.4. The van der Waals surface area contributed by atoms with Crippen molar-refractivity contribution in [2.75, 3.05) is 20.2 Å². The summed E-state index contributed by atoms with van der Waals surface area (Å²) < 4.78 is 18.9. The molecule has 0 heterocycles. The van der Waals surface area contributed by atoms with Gasteiger partial charge in [-0.3, -0.25) is 4.99 Å². The molecule has 3 N–H and O–H groups in total. The van der Waals surface area contributed by atoms with Crippen molar-refractivity contribution in [2.45, 2.75) is 33.2 Å². The number of aromatic hydroxyl groups is 1. The number of ether oxygens (including phenoxy) is 1. The van der Waals surface area contributed by atoms with Crippen molar-refractivity contribution >= 4 is 29.9 Å². The van der Waals surface area contributed by atoms with Crippen LogP contribution in [0.4, 0.5) is 4.39 Å². The van der Waals surface area contributed by atoms with Gasteiger partial charge in [-0.15, -0.1) is 24.0 Å². The topological polar surface area (TPSA) is 65.9 Å². The maximum absolute atomic E-state index is 13.8. The predicted octanol–water partition coefficient (Wildman–Crippen LogP) is 4.33. The standard InChI is InChI=1S/C21H28FN3O2.HI/c1-5-23-21(25-15(3)17-7-6-14(2)19(22)12-17)24-11-10-16-8-9-18(27-4)13-20(16)26;/h6-9,12-13,15,26H,5,10-11H2,1-4H3,(H2,23,24,25);1H. The number of hydrogen-bond acceptors (Lipinski definition) is 3. The number of nitrogens with one attached hydrogen (secondary N) is 2. The van der Waals surface area contributed by atoms with E-state index >= 15 is 0 Å². The lowest BCUT2D eigenvalue weighted by Crippen LogP contribution is -2.38. The highest BCUT2D eigenvalue weighted by Gasteiger charge is 2.10. The number of phenolic OH excluding ortho intramolecular Hbond substituents is 1. The summed E-state index contributed by atoms with van der Waals surface area (Å²) in [5.74, 6) is 1.26. The molecule has 0 bridgehead atoms. The van der Waals surface area contributed by atoms with Crippen LogP contribution in [0.1, 0.15) is 36.6 Å². The molecule has 7 heteroatoms. The van der Waals surface area contributed by atoms with Crippen LogP contribution in [0.25, 0.3) is 0 Å². The first-order valence-corrected chi connectivity index (χ1v) is 9.11. The van der Waals surface area contributed by atoms with Gasteiger partial charge in [-0.1, -0.05) is 18.2 Å². The van der Waals surface area contributed by atoms with Crippen molar-refractivity contribution in [2.24, 2.45) is 4.99 Å². The van der Waals surface area contributed by atoms with Gasteiger partial charge >= 0.3 is 0 Å². The minimum absolute atomic E-state index is 0. The summed E-state index contributed by atoms with van der Waals surface area (Å²) in [6.45, 7) is 6.92. The number of benzene rings is 2. The molecule has 0 aromatic heterocycles. The van der Waals surface area contributed by atoms with Crippen molar-refractivity contribution in [3.05, 3.63) is 58.9 Å². The van der Waals surface area contributed by atoms with E-state index in [-0.39, 0.29) is 41.6 Å². The largest absolute Gasteiger partial charge is 0.508 e. The number of guanidine groups is 1. The number of hydrogen-bond donors (Lipinski definition) is 3. The van der Waals surface area contributed by atoms with Crippen LogP contribution in [-0.4, -0.2) is 31.3 Å². The van der Waals surface area contributed by atoms with Gasteiger partial charge in [0.2, 0.25) is 0 Å². The van der Waals surface area contributed by atoms with E-state index in [1.54, 1.807) is 32.2 Å². The molecule has 0 aliphatic rings. The van der Waals surface area contributed by atoms with E-state index in [4.69, 9.17) is 4.74 Å². The smallest absolute Gasteiger partial charge is 0.191 e. The third kappa shape index (κ3) is 6.85. The number of methoxy groups -OCH3 is 1. The number of halogens is 2. The zero-order valence-electron chi connectivity index (χ0n) is 16.8. The Morgan fingerprint density at radius 3 is 2.61 bits per heavy atom. The molecule has 154 valence electrons. The average molecular weight is 501 g/mol. The minimum atomic E-state index is -0.210. The van der Waals surface area contributed by atoms with E-state index in [1.807, 2.05) is 32.0 Å². The fourth-order valence-corrected chi connectivity index (χ4v) is 2.66. The molecule has 2 rings (SSSR count). The molecule has 5 nitrogen and oxygen atoms in total. The van der Waals surface area contributed by atoms with Crippen molar-refractivity contribution in [1.82, 2.24) is 10.6 Å². The van der Waals surface area contributed by atoms with Gasteiger partial charge in [-0.05, 0) is 56.0 Å².